The Bertz CT molecular complexity index is 1570. The summed E-state index contributed by atoms with van der Waals surface area (Å²) in [6.45, 7) is 25.6. The summed E-state index contributed by atoms with van der Waals surface area (Å²) in [4.78, 5) is 31.3. The molecule has 0 aliphatic carbocycles. The molecule has 0 aromatic heterocycles. The number of anilines is 2. The van der Waals surface area contributed by atoms with Crippen molar-refractivity contribution in [1.82, 2.24) is 9.80 Å². The quantitative estimate of drug-likeness (QED) is 0.0849. The van der Waals surface area contributed by atoms with Gasteiger partial charge in [0.25, 0.3) is 11.8 Å². The summed E-state index contributed by atoms with van der Waals surface area (Å²) in [7, 11) is -0.763. The van der Waals surface area contributed by atoms with Gasteiger partial charge in [-0.05, 0) is 93.3 Å². The van der Waals surface area contributed by atoms with Gasteiger partial charge in [-0.15, -0.1) is 0 Å². The Morgan fingerprint density at radius 3 is 1.33 bits per heavy atom. The van der Waals surface area contributed by atoms with Gasteiger partial charge in [0.15, 0.2) is 39.6 Å². The molecule has 4 N–H and O–H groups in total. The average molecular weight is 829 g/mol. The first-order valence-electron chi connectivity index (χ1n) is 20.7. The van der Waals surface area contributed by atoms with Crippen molar-refractivity contribution in [3.8, 4) is 23.0 Å². The van der Waals surface area contributed by atoms with Gasteiger partial charge >= 0.3 is 0 Å². The van der Waals surface area contributed by atoms with E-state index in [9.17, 15) is 9.59 Å². The fourth-order valence-electron chi connectivity index (χ4n) is 6.72. The van der Waals surface area contributed by atoms with Gasteiger partial charge in [-0.25, -0.2) is 0 Å². The van der Waals surface area contributed by atoms with E-state index >= 15 is 0 Å². The number of carbonyl (C=O) groups excluding carboxylic acids is 2. The van der Waals surface area contributed by atoms with Crippen LogP contribution in [0.2, 0.25) is 36.3 Å². The Balaban J connectivity index is 1.26. The largest absolute Gasteiger partial charge is 0.493 e. The molecule has 320 valence electrons. The fourth-order valence-corrected chi connectivity index (χ4v) is 8.80. The van der Waals surface area contributed by atoms with Gasteiger partial charge in [-0.1, -0.05) is 41.5 Å². The topological polar surface area (TPSA) is 148 Å². The zero-order chi connectivity index (χ0) is 42.3. The molecule has 12 nitrogen and oxygen atoms in total. The van der Waals surface area contributed by atoms with Crippen molar-refractivity contribution < 1.29 is 37.4 Å². The van der Waals surface area contributed by atoms with Crippen LogP contribution in [0, 0.1) is 0 Å². The van der Waals surface area contributed by atoms with E-state index in [0.29, 0.717) is 85.0 Å². The molecule has 2 atom stereocenters. The number of hydrogen-bond acceptors (Lipinski definition) is 10. The highest BCUT2D eigenvalue weighted by molar-refractivity contribution is 6.74. The molecule has 2 unspecified atom stereocenters. The third kappa shape index (κ3) is 11.4. The van der Waals surface area contributed by atoms with Crippen LogP contribution in [0.4, 0.5) is 11.4 Å². The Kier molecular flexibility index (Phi) is 15.5. The monoisotopic (exact) mass is 828 g/mol. The SMILES string of the molecule is COc1cc(C(=O)N2CCCC2CO[Si](C)(C)C(C)(C)C)c(N)cc1OCCCCCOc1cc(N)c(C(=O)N2CCCC2CO[Si](C)(C)C(C)(C)C)cc1OC. The van der Waals surface area contributed by atoms with Crippen molar-refractivity contribution in [1.29, 1.82) is 0 Å². The molecule has 0 spiro atoms. The van der Waals surface area contributed by atoms with Crippen LogP contribution in [0.5, 0.6) is 23.0 Å². The summed E-state index contributed by atoms with van der Waals surface area (Å²) >= 11 is 0. The Hall–Kier alpha value is -3.47. The van der Waals surface area contributed by atoms with E-state index in [4.69, 9.17) is 39.3 Å². The van der Waals surface area contributed by atoms with Crippen LogP contribution in [0.25, 0.3) is 0 Å². The number of unbranched alkanes of at least 4 members (excludes halogenated alkanes) is 2. The Morgan fingerprint density at radius 1 is 0.632 bits per heavy atom. The van der Waals surface area contributed by atoms with E-state index in [1.165, 1.54) is 0 Å². The van der Waals surface area contributed by atoms with E-state index in [2.05, 4.69) is 67.7 Å². The number of nitrogen functional groups attached to an aromatic ring is 2. The molecule has 0 saturated carbocycles. The molecule has 2 aliphatic heterocycles. The van der Waals surface area contributed by atoms with Crippen LogP contribution in [-0.4, -0.2) is 104 Å². The molecule has 2 saturated heterocycles. The predicted octanol–water partition coefficient (Wildman–Crippen LogP) is 8.75. The van der Waals surface area contributed by atoms with E-state index < -0.39 is 16.6 Å². The lowest BCUT2D eigenvalue weighted by atomic mass is 10.1. The zero-order valence-electron chi connectivity index (χ0n) is 37.0. The smallest absolute Gasteiger partial charge is 0.256 e. The molecule has 0 bridgehead atoms. The minimum absolute atomic E-state index is 0.0187. The summed E-state index contributed by atoms with van der Waals surface area (Å²) in [6, 6.07) is 6.79. The number of nitrogens with two attached hydrogens (primary N) is 2. The summed E-state index contributed by atoms with van der Waals surface area (Å²) in [5.41, 5.74) is 14.4. The van der Waals surface area contributed by atoms with Crippen LogP contribution < -0.4 is 30.4 Å². The number of amides is 2. The molecule has 4 rings (SSSR count). The highest BCUT2D eigenvalue weighted by atomic mass is 28.4. The lowest BCUT2D eigenvalue weighted by Gasteiger charge is -2.38. The van der Waals surface area contributed by atoms with Crippen LogP contribution in [0.15, 0.2) is 24.3 Å². The van der Waals surface area contributed by atoms with Crippen molar-refractivity contribution >= 4 is 39.8 Å². The van der Waals surface area contributed by atoms with E-state index in [1.807, 2.05) is 9.80 Å². The first kappa shape index (κ1) is 46.2. The molecular formula is C43H72N4O8Si2. The molecule has 2 amide bonds. The minimum Gasteiger partial charge on any atom is -0.493 e. The van der Waals surface area contributed by atoms with Crippen LogP contribution in [0.3, 0.4) is 0 Å². The van der Waals surface area contributed by atoms with Crippen LogP contribution in [-0.2, 0) is 8.85 Å². The normalized spacial score (nSPS) is 17.9. The van der Waals surface area contributed by atoms with Crippen molar-refractivity contribution in [3.63, 3.8) is 0 Å². The van der Waals surface area contributed by atoms with Gasteiger partial charge < -0.3 is 49.1 Å². The summed E-state index contributed by atoms with van der Waals surface area (Å²) in [5.74, 6) is 1.72. The maximum Gasteiger partial charge on any atom is 0.256 e. The second-order valence-electron chi connectivity index (χ2n) is 18.7. The molecule has 2 heterocycles. The van der Waals surface area contributed by atoms with Crippen LogP contribution >= 0.6 is 0 Å². The lowest BCUT2D eigenvalue weighted by molar-refractivity contribution is 0.0678. The number of rotatable bonds is 18. The second kappa shape index (κ2) is 19.1. The first-order chi connectivity index (χ1) is 26.6. The molecule has 2 aromatic carbocycles. The average Bonchev–Trinajstić information content (AvgIpc) is 3.81. The van der Waals surface area contributed by atoms with Crippen molar-refractivity contribution in [2.45, 2.75) is 135 Å². The minimum atomic E-state index is -1.95. The van der Waals surface area contributed by atoms with Crippen molar-refractivity contribution in [3.05, 3.63) is 35.4 Å². The van der Waals surface area contributed by atoms with Crippen molar-refractivity contribution in [2.24, 2.45) is 0 Å². The van der Waals surface area contributed by atoms with Gasteiger partial charge in [0.2, 0.25) is 0 Å². The number of likely N-dealkylation sites (tertiary alicyclic amines) is 2. The number of ether oxygens (including phenoxy) is 4. The Labute approximate surface area is 344 Å². The number of methoxy groups -OCH3 is 2. The summed E-state index contributed by atoms with van der Waals surface area (Å²) < 4.78 is 36.4. The highest BCUT2D eigenvalue weighted by Crippen LogP contribution is 2.40. The maximum atomic E-state index is 13.7. The lowest BCUT2D eigenvalue weighted by Crippen LogP contribution is -2.46. The second-order valence-corrected chi connectivity index (χ2v) is 28.3. The molecular weight excluding hydrogens is 757 g/mol. The summed E-state index contributed by atoms with van der Waals surface area (Å²) in [6.07, 6.45) is 6.05. The number of benzene rings is 2. The molecule has 2 fully saturated rings. The fraction of sp³-hybridized carbons (Fsp3) is 0.674. The van der Waals surface area contributed by atoms with E-state index in [-0.39, 0.29) is 34.0 Å². The first-order valence-corrected chi connectivity index (χ1v) is 26.5. The van der Waals surface area contributed by atoms with Gasteiger partial charge in [0.1, 0.15) is 0 Å². The molecule has 2 aliphatic rings. The zero-order valence-corrected chi connectivity index (χ0v) is 39.0. The Morgan fingerprint density at radius 2 is 1.00 bits per heavy atom. The van der Waals surface area contributed by atoms with E-state index in [0.717, 1.165) is 44.9 Å². The van der Waals surface area contributed by atoms with Gasteiger partial charge in [-0.3, -0.25) is 9.59 Å². The van der Waals surface area contributed by atoms with E-state index in [1.54, 1.807) is 38.5 Å². The van der Waals surface area contributed by atoms with Crippen molar-refractivity contribution in [2.75, 3.05) is 65.2 Å². The predicted molar refractivity (Wildman–Crippen MR) is 234 cm³/mol. The standard InChI is InChI=1S/C43H72N4O8Si2/c1-42(2,3)56(9,10)54-28-30-18-16-20-46(30)40(48)32-24-36(50-7)38(26-34(32)44)52-22-14-13-15-23-53-39-27-35(45)33(25-37(39)51-8)41(49)47-21-17-19-31(47)29-55-57(11,12)43(4,5)6/h24-27,30-31H,13-23,28-29,44-45H2,1-12H3. The summed E-state index contributed by atoms with van der Waals surface area (Å²) in [5, 5.41) is 0.197. The number of carbonyl (C=O) groups is 2. The third-order valence-corrected chi connectivity index (χ3v) is 21.6. The molecule has 0 radical (unpaired) electrons. The van der Waals surface area contributed by atoms with Crippen LogP contribution in [0.1, 0.15) is 107 Å². The molecule has 14 heteroatoms. The van der Waals surface area contributed by atoms with Gasteiger partial charge in [0.05, 0.1) is 63.9 Å². The molecule has 57 heavy (non-hydrogen) atoms. The van der Waals surface area contributed by atoms with Gasteiger partial charge in [0, 0.05) is 36.6 Å². The highest BCUT2D eigenvalue weighted by Gasteiger charge is 2.41. The van der Waals surface area contributed by atoms with Gasteiger partial charge in [-0.2, -0.15) is 0 Å². The number of hydrogen-bond donors (Lipinski definition) is 2. The maximum absolute atomic E-state index is 13.7. The molecule has 2 aromatic rings. The number of nitrogens with zero attached hydrogens (tertiary/aromatic N) is 2. The third-order valence-electron chi connectivity index (χ3n) is 12.6.